The summed E-state index contributed by atoms with van der Waals surface area (Å²) in [5.41, 5.74) is 0.195. The summed E-state index contributed by atoms with van der Waals surface area (Å²) in [6.45, 7) is 8.62. The first-order valence-corrected chi connectivity index (χ1v) is 9.33. The number of hydrogen-bond acceptors (Lipinski definition) is 4. The second kappa shape index (κ2) is 8.61. The van der Waals surface area contributed by atoms with Crippen LogP contribution in [0.5, 0.6) is 0 Å². The van der Waals surface area contributed by atoms with Crippen LogP contribution in [0.4, 0.5) is 10.5 Å². The molecule has 0 aromatic heterocycles. The van der Waals surface area contributed by atoms with Gasteiger partial charge in [0.15, 0.2) is 0 Å². The molecule has 1 heterocycles. The van der Waals surface area contributed by atoms with Crippen molar-refractivity contribution in [3.63, 3.8) is 0 Å². The number of hydrogen-bond donors (Lipinski definition) is 1. The zero-order valence-electron chi connectivity index (χ0n) is 16.2. The molecular weight excluding hydrogens is 370 g/mol. The van der Waals surface area contributed by atoms with E-state index >= 15 is 0 Å². The first kappa shape index (κ1) is 21.0. The van der Waals surface area contributed by atoms with Gasteiger partial charge in [0.1, 0.15) is 5.41 Å². The van der Waals surface area contributed by atoms with Gasteiger partial charge in [0.2, 0.25) is 11.8 Å². The van der Waals surface area contributed by atoms with Gasteiger partial charge in [0, 0.05) is 36.9 Å². The second-order valence-electron chi connectivity index (χ2n) is 7.02. The topological polar surface area (TPSA) is 79.0 Å². The summed E-state index contributed by atoms with van der Waals surface area (Å²) in [6.07, 6.45) is -0.377. The number of aryl methyl sites for hydroxylation is 1. The molecule has 27 heavy (non-hydrogen) atoms. The highest BCUT2D eigenvalue weighted by molar-refractivity contribution is 6.31. The van der Waals surface area contributed by atoms with Gasteiger partial charge in [-0.05, 0) is 45.4 Å². The minimum atomic E-state index is -1.25. The predicted molar refractivity (Wildman–Crippen MR) is 104 cm³/mol. The van der Waals surface area contributed by atoms with Crippen LogP contribution in [0.2, 0.25) is 5.02 Å². The normalized spacial score (nSPS) is 14.7. The number of carbonyl (C=O) groups is 3. The Labute approximate surface area is 164 Å². The average molecular weight is 396 g/mol. The number of benzene rings is 1. The molecule has 1 aromatic carbocycles. The van der Waals surface area contributed by atoms with E-state index in [9.17, 15) is 14.4 Å². The van der Waals surface area contributed by atoms with Crippen molar-refractivity contribution in [2.24, 2.45) is 5.41 Å². The van der Waals surface area contributed by atoms with E-state index in [0.717, 1.165) is 5.56 Å². The molecular formula is C19H26ClN3O4. The molecule has 0 bridgehead atoms. The average Bonchev–Trinajstić information content (AvgIpc) is 2.64. The molecule has 0 aliphatic carbocycles. The second-order valence-corrected chi connectivity index (χ2v) is 7.45. The zero-order chi connectivity index (χ0) is 20.2. The van der Waals surface area contributed by atoms with Crippen molar-refractivity contribution >= 4 is 35.2 Å². The molecule has 1 aromatic rings. The smallest absolute Gasteiger partial charge is 0.409 e. The van der Waals surface area contributed by atoms with E-state index in [2.05, 4.69) is 5.32 Å². The summed E-state index contributed by atoms with van der Waals surface area (Å²) in [7, 11) is 0. The standard InChI is InChI=1S/C19H26ClN3O4/c1-5-27-18(26)23-10-8-22(9-11-23)17(25)19(3,4)16(24)21-15-12-14(20)7-6-13(15)2/h6-7,12H,5,8-11H2,1-4H3,(H,21,24). The molecule has 0 atom stereocenters. The van der Waals surface area contributed by atoms with Crippen LogP contribution in [-0.2, 0) is 14.3 Å². The Morgan fingerprint density at radius 1 is 1.15 bits per heavy atom. The maximum absolute atomic E-state index is 12.9. The zero-order valence-corrected chi connectivity index (χ0v) is 16.9. The highest BCUT2D eigenvalue weighted by atomic mass is 35.5. The number of nitrogens with one attached hydrogen (secondary N) is 1. The number of ether oxygens (including phenoxy) is 1. The molecule has 1 saturated heterocycles. The third kappa shape index (κ3) is 4.91. The number of anilines is 1. The summed E-state index contributed by atoms with van der Waals surface area (Å²) in [4.78, 5) is 40.6. The van der Waals surface area contributed by atoms with Crippen LogP contribution in [0.1, 0.15) is 26.3 Å². The van der Waals surface area contributed by atoms with Gasteiger partial charge < -0.3 is 19.9 Å². The Morgan fingerprint density at radius 2 is 1.74 bits per heavy atom. The van der Waals surface area contributed by atoms with Crippen LogP contribution >= 0.6 is 11.6 Å². The fourth-order valence-electron chi connectivity index (χ4n) is 2.81. The minimum absolute atomic E-state index is 0.275. The van der Waals surface area contributed by atoms with Crippen LogP contribution in [0.25, 0.3) is 0 Å². The van der Waals surface area contributed by atoms with Crippen molar-refractivity contribution in [2.75, 3.05) is 38.1 Å². The van der Waals surface area contributed by atoms with Crippen molar-refractivity contribution in [3.8, 4) is 0 Å². The Bertz CT molecular complexity index is 728. The van der Waals surface area contributed by atoms with Gasteiger partial charge in [-0.25, -0.2) is 4.79 Å². The largest absolute Gasteiger partial charge is 0.450 e. The van der Waals surface area contributed by atoms with Crippen LogP contribution in [0, 0.1) is 12.3 Å². The molecule has 1 N–H and O–H groups in total. The molecule has 0 saturated carbocycles. The molecule has 2 rings (SSSR count). The summed E-state index contributed by atoms with van der Waals surface area (Å²) < 4.78 is 4.98. The van der Waals surface area contributed by atoms with Crippen molar-refractivity contribution in [2.45, 2.75) is 27.7 Å². The van der Waals surface area contributed by atoms with E-state index in [1.165, 1.54) is 0 Å². The summed E-state index contributed by atoms with van der Waals surface area (Å²) in [5, 5.41) is 3.31. The molecule has 0 spiro atoms. The number of piperazine rings is 1. The number of halogens is 1. The lowest BCUT2D eigenvalue weighted by Gasteiger charge is -2.37. The molecule has 148 valence electrons. The number of amides is 3. The lowest BCUT2D eigenvalue weighted by Crippen LogP contribution is -2.55. The summed E-state index contributed by atoms with van der Waals surface area (Å²) in [6, 6.07) is 5.21. The van der Waals surface area contributed by atoms with E-state index in [4.69, 9.17) is 16.3 Å². The molecule has 3 amide bonds. The van der Waals surface area contributed by atoms with Crippen molar-refractivity contribution in [3.05, 3.63) is 28.8 Å². The van der Waals surface area contributed by atoms with Gasteiger partial charge in [-0.1, -0.05) is 17.7 Å². The van der Waals surface area contributed by atoms with Gasteiger partial charge in [-0.2, -0.15) is 0 Å². The first-order chi connectivity index (χ1) is 12.7. The molecule has 1 aliphatic rings. The fraction of sp³-hybridized carbons (Fsp3) is 0.526. The molecule has 1 aliphatic heterocycles. The predicted octanol–water partition coefficient (Wildman–Crippen LogP) is 2.91. The number of carbonyl (C=O) groups excluding carboxylic acids is 3. The Kier molecular flexibility index (Phi) is 6.70. The highest BCUT2D eigenvalue weighted by Gasteiger charge is 2.40. The maximum Gasteiger partial charge on any atom is 0.409 e. The van der Waals surface area contributed by atoms with Gasteiger partial charge in [-0.3, -0.25) is 9.59 Å². The molecule has 1 fully saturated rings. The van der Waals surface area contributed by atoms with E-state index in [0.29, 0.717) is 43.5 Å². The molecule has 7 nitrogen and oxygen atoms in total. The van der Waals surface area contributed by atoms with Gasteiger partial charge in [-0.15, -0.1) is 0 Å². The quantitative estimate of drug-likeness (QED) is 0.795. The molecule has 0 radical (unpaired) electrons. The van der Waals surface area contributed by atoms with E-state index < -0.39 is 11.3 Å². The summed E-state index contributed by atoms with van der Waals surface area (Å²) >= 11 is 5.99. The van der Waals surface area contributed by atoms with E-state index in [-0.39, 0.29) is 12.0 Å². The van der Waals surface area contributed by atoms with Crippen LogP contribution < -0.4 is 5.32 Å². The SMILES string of the molecule is CCOC(=O)N1CCN(C(=O)C(C)(C)C(=O)Nc2cc(Cl)ccc2C)CC1. The number of nitrogens with zero attached hydrogens (tertiary/aromatic N) is 2. The molecule has 8 heteroatoms. The lowest BCUT2D eigenvalue weighted by atomic mass is 9.89. The van der Waals surface area contributed by atoms with Gasteiger partial charge >= 0.3 is 6.09 Å². The van der Waals surface area contributed by atoms with Crippen molar-refractivity contribution < 1.29 is 19.1 Å². The van der Waals surface area contributed by atoms with Gasteiger partial charge in [0.25, 0.3) is 0 Å². The Morgan fingerprint density at radius 3 is 2.33 bits per heavy atom. The Hall–Kier alpha value is -2.28. The first-order valence-electron chi connectivity index (χ1n) is 8.95. The Balaban J connectivity index is 2.01. The van der Waals surface area contributed by atoms with Crippen LogP contribution in [0.15, 0.2) is 18.2 Å². The maximum atomic E-state index is 12.9. The van der Waals surface area contributed by atoms with E-state index in [1.54, 1.807) is 48.8 Å². The molecule has 0 unspecified atom stereocenters. The fourth-order valence-corrected chi connectivity index (χ4v) is 2.98. The van der Waals surface area contributed by atoms with Crippen LogP contribution in [0.3, 0.4) is 0 Å². The third-order valence-corrected chi connectivity index (χ3v) is 4.88. The number of rotatable bonds is 4. The lowest BCUT2D eigenvalue weighted by molar-refractivity contribution is -0.147. The highest BCUT2D eigenvalue weighted by Crippen LogP contribution is 2.26. The van der Waals surface area contributed by atoms with Crippen molar-refractivity contribution in [1.82, 2.24) is 9.80 Å². The van der Waals surface area contributed by atoms with E-state index in [1.807, 2.05) is 6.92 Å². The van der Waals surface area contributed by atoms with Gasteiger partial charge in [0.05, 0.1) is 6.61 Å². The minimum Gasteiger partial charge on any atom is -0.450 e. The van der Waals surface area contributed by atoms with Crippen LogP contribution in [-0.4, -0.2) is 60.5 Å². The monoisotopic (exact) mass is 395 g/mol. The summed E-state index contributed by atoms with van der Waals surface area (Å²) in [5.74, 6) is -0.672. The van der Waals surface area contributed by atoms with Crippen molar-refractivity contribution in [1.29, 1.82) is 0 Å². The third-order valence-electron chi connectivity index (χ3n) is 4.64.